The van der Waals surface area contributed by atoms with Crippen LogP contribution in [0.15, 0.2) is 47.8 Å². The maximum Gasteiger partial charge on any atom is 0.341 e. The Kier molecular flexibility index (Phi) is 8.66. The Bertz CT molecular complexity index is 1100. The summed E-state index contributed by atoms with van der Waals surface area (Å²) >= 11 is 1.34. The van der Waals surface area contributed by atoms with Crippen LogP contribution in [0.4, 0.5) is 5.00 Å². The van der Waals surface area contributed by atoms with E-state index in [9.17, 15) is 9.59 Å². The summed E-state index contributed by atoms with van der Waals surface area (Å²) in [6, 6.07) is 14.1. The summed E-state index contributed by atoms with van der Waals surface area (Å²) in [7, 11) is 0. The lowest BCUT2D eigenvalue weighted by atomic mass is 9.97. The lowest BCUT2D eigenvalue weighted by Crippen LogP contribution is -2.15. The number of aryl methyl sites for hydroxylation is 3. The molecule has 3 aromatic rings. The van der Waals surface area contributed by atoms with Crippen LogP contribution >= 0.6 is 11.3 Å². The highest BCUT2D eigenvalue weighted by molar-refractivity contribution is 7.15. The Morgan fingerprint density at radius 2 is 1.76 bits per heavy atom. The summed E-state index contributed by atoms with van der Waals surface area (Å²) in [5.41, 5.74) is 5.64. The van der Waals surface area contributed by atoms with Crippen molar-refractivity contribution in [3.63, 3.8) is 0 Å². The summed E-state index contributed by atoms with van der Waals surface area (Å²) < 4.78 is 11.0. The third kappa shape index (κ3) is 6.45. The Morgan fingerprint density at radius 1 is 1.00 bits per heavy atom. The molecular formula is C27H31NO4S. The molecule has 0 aliphatic heterocycles. The summed E-state index contributed by atoms with van der Waals surface area (Å²) in [6.07, 6.45) is 1.86. The van der Waals surface area contributed by atoms with Crippen LogP contribution < -0.4 is 10.1 Å². The van der Waals surface area contributed by atoms with Crippen molar-refractivity contribution in [2.75, 3.05) is 18.5 Å². The number of ether oxygens (including phenoxy) is 2. The van der Waals surface area contributed by atoms with Gasteiger partial charge in [-0.25, -0.2) is 4.79 Å². The molecule has 3 rings (SSSR count). The van der Waals surface area contributed by atoms with Crippen molar-refractivity contribution in [1.82, 2.24) is 0 Å². The molecule has 174 valence electrons. The van der Waals surface area contributed by atoms with Crippen LogP contribution in [0.5, 0.6) is 5.75 Å². The maximum absolute atomic E-state index is 12.8. The number of thiophene rings is 1. The monoisotopic (exact) mass is 465 g/mol. The number of amides is 1. The van der Waals surface area contributed by atoms with E-state index in [0.29, 0.717) is 30.0 Å². The van der Waals surface area contributed by atoms with Gasteiger partial charge in [-0.15, -0.1) is 11.3 Å². The Morgan fingerprint density at radius 3 is 2.42 bits per heavy atom. The number of nitrogens with one attached hydrogen (secondary N) is 1. The van der Waals surface area contributed by atoms with Gasteiger partial charge in [-0.05, 0) is 62.4 Å². The van der Waals surface area contributed by atoms with Gasteiger partial charge in [0.2, 0.25) is 5.91 Å². The first-order valence-electron chi connectivity index (χ1n) is 11.3. The lowest BCUT2D eigenvalue weighted by molar-refractivity contribution is -0.116. The van der Waals surface area contributed by atoms with Crippen molar-refractivity contribution in [2.45, 2.75) is 47.0 Å². The first-order chi connectivity index (χ1) is 15.9. The molecule has 2 aromatic carbocycles. The molecule has 0 aliphatic rings. The minimum atomic E-state index is -0.428. The number of benzene rings is 2. The predicted octanol–water partition coefficient (Wildman–Crippen LogP) is 6.57. The van der Waals surface area contributed by atoms with Crippen molar-refractivity contribution in [2.24, 2.45) is 0 Å². The van der Waals surface area contributed by atoms with E-state index in [1.54, 1.807) is 6.92 Å². The number of carbonyl (C=O) groups excluding carboxylic acids is 2. The smallest absolute Gasteiger partial charge is 0.341 e. The zero-order chi connectivity index (χ0) is 23.8. The van der Waals surface area contributed by atoms with E-state index in [1.807, 2.05) is 55.6 Å². The van der Waals surface area contributed by atoms with Gasteiger partial charge in [0.25, 0.3) is 0 Å². The average molecular weight is 466 g/mol. The third-order valence-electron chi connectivity index (χ3n) is 5.34. The van der Waals surface area contributed by atoms with E-state index < -0.39 is 5.97 Å². The standard InChI is InChI=1S/C27H31NO4S/c1-5-20-10-12-21(13-11-20)32-15-7-8-24(29)28-26-25(27(30)31-6-2)23(17-33-26)22-14-9-18(3)16-19(22)4/h9-14,16-17H,5-8,15H2,1-4H3,(H,28,29). The van der Waals surface area contributed by atoms with Crippen LogP contribution in [0, 0.1) is 13.8 Å². The van der Waals surface area contributed by atoms with E-state index in [2.05, 4.69) is 18.3 Å². The minimum Gasteiger partial charge on any atom is -0.494 e. The molecule has 0 saturated heterocycles. The van der Waals surface area contributed by atoms with Gasteiger partial charge in [-0.3, -0.25) is 4.79 Å². The quantitative estimate of drug-likeness (QED) is 0.272. The molecular weight excluding hydrogens is 434 g/mol. The molecule has 33 heavy (non-hydrogen) atoms. The van der Waals surface area contributed by atoms with Gasteiger partial charge >= 0.3 is 5.97 Å². The molecule has 0 bridgehead atoms. The van der Waals surface area contributed by atoms with Gasteiger partial charge in [0.1, 0.15) is 16.3 Å². The van der Waals surface area contributed by atoms with Crippen LogP contribution in [-0.2, 0) is 16.0 Å². The molecule has 0 radical (unpaired) electrons. The molecule has 1 N–H and O–H groups in total. The fourth-order valence-electron chi connectivity index (χ4n) is 3.60. The summed E-state index contributed by atoms with van der Waals surface area (Å²) in [6.45, 7) is 8.65. The summed E-state index contributed by atoms with van der Waals surface area (Å²) in [5.74, 6) is 0.218. The molecule has 6 heteroatoms. The molecule has 0 unspecified atom stereocenters. The second-order valence-electron chi connectivity index (χ2n) is 7.89. The Hall–Kier alpha value is -3.12. The Balaban J connectivity index is 1.65. The van der Waals surface area contributed by atoms with Gasteiger partial charge < -0.3 is 14.8 Å². The highest BCUT2D eigenvalue weighted by atomic mass is 32.1. The van der Waals surface area contributed by atoms with Gasteiger partial charge in [0.15, 0.2) is 0 Å². The van der Waals surface area contributed by atoms with Gasteiger partial charge in [0, 0.05) is 17.4 Å². The van der Waals surface area contributed by atoms with Gasteiger partial charge in [-0.2, -0.15) is 0 Å². The zero-order valence-corrected chi connectivity index (χ0v) is 20.5. The predicted molar refractivity (Wildman–Crippen MR) is 134 cm³/mol. The SMILES string of the molecule is CCOC(=O)c1c(-c2ccc(C)cc2C)csc1NC(=O)CCCOc1ccc(CC)cc1. The average Bonchev–Trinajstić information content (AvgIpc) is 3.20. The Labute approximate surface area is 199 Å². The second kappa shape index (κ2) is 11.7. The van der Waals surface area contributed by atoms with Crippen LogP contribution in [-0.4, -0.2) is 25.1 Å². The topological polar surface area (TPSA) is 64.6 Å². The van der Waals surface area contributed by atoms with Crippen LogP contribution in [0.25, 0.3) is 11.1 Å². The molecule has 1 amide bonds. The summed E-state index contributed by atoms with van der Waals surface area (Å²) in [4.78, 5) is 25.3. The highest BCUT2D eigenvalue weighted by Crippen LogP contribution is 2.38. The number of esters is 1. The fourth-order valence-corrected chi connectivity index (χ4v) is 4.57. The van der Waals surface area contributed by atoms with Crippen molar-refractivity contribution in [3.8, 4) is 16.9 Å². The van der Waals surface area contributed by atoms with Gasteiger partial charge in [-0.1, -0.05) is 42.8 Å². The molecule has 0 saturated carbocycles. The molecule has 0 atom stereocenters. The number of anilines is 1. The largest absolute Gasteiger partial charge is 0.494 e. The second-order valence-corrected chi connectivity index (χ2v) is 8.77. The van der Waals surface area contributed by atoms with Crippen LogP contribution in [0.1, 0.15) is 53.7 Å². The van der Waals surface area contributed by atoms with E-state index >= 15 is 0 Å². The highest BCUT2D eigenvalue weighted by Gasteiger charge is 2.23. The van der Waals surface area contributed by atoms with Crippen molar-refractivity contribution in [3.05, 3.63) is 70.1 Å². The van der Waals surface area contributed by atoms with Crippen LogP contribution in [0.3, 0.4) is 0 Å². The maximum atomic E-state index is 12.8. The fraction of sp³-hybridized carbons (Fsp3) is 0.333. The lowest BCUT2D eigenvalue weighted by Gasteiger charge is -2.11. The number of hydrogen-bond donors (Lipinski definition) is 1. The van der Waals surface area contributed by atoms with E-state index in [-0.39, 0.29) is 12.5 Å². The zero-order valence-electron chi connectivity index (χ0n) is 19.7. The normalized spacial score (nSPS) is 10.7. The molecule has 5 nitrogen and oxygen atoms in total. The number of hydrogen-bond acceptors (Lipinski definition) is 5. The van der Waals surface area contributed by atoms with Crippen molar-refractivity contribution < 1.29 is 19.1 Å². The molecule has 0 fully saturated rings. The summed E-state index contributed by atoms with van der Waals surface area (Å²) in [5, 5.41) is 5.33. The van der Waals surface area contributed by atoms with Crippen molar-refractivity contribution in [1.29, 1.82) is 0 Å². The minimum absolute atomic E-state index is 0.153. The number of rotatable bonds is 10. The van der Waals surface area contributed by atoms with E-state index in [1.165, 1.54) is 16.9 Å². The third-order valence-corrected chi connectivity index (χ3v) is 6.24. The molecule has 1 heterocycles. The molecule has 0 spiro atoms. The first kappa shape index (κ1) is 24.5. The van der Waals surface area contributed by atoms with Gasteiger partial charge in [0.05, 0.1) is 13.2 Å². The molecule has 1 aromatic heterocycles. The van der Waals surface area contributed by atoms with E-state index in [4.69, 9.17) is 9.47 Å². The first-order valence-corrected chi connectivity index (χ1v) is 12.2. The number of carbonyl (C=O) groups is 2. The van der Waals surface area contributed by atoms with Crippen molar-refractivity contribution >= 4 is 28.2 Å². The van der Waals surface area contributed by atoms with E-state index in [0.717, 1.165) is 34.4 Å². The molecule has 0 aliphatic carbocycles. The van der Waals surface area contributed by atoms with Crippen LogP contribution in [0.2, 0.25) is 0 Å².